The van der Waals surface area contributed by atoms with Gasteiger partial charge in [0.1, 0.15) is 0 Å². The average Bonchev–Trinajstić information content (AvgIpc) is 3.22. The molecular formula is C31H24ClNO3. The Morgan fingerprint density at radius 1 is 0.944 bits per heavy atom. The molecule has 0 radical (unpaired) electrons. The van der Waals surface area contributed by atoms with Crippen molar-refractivity contribution in [3.8, 4) is 0 Å². The van der Waals surface area contributed by atoms with Crippen molar-refractivity contribution in [3.63, 3.8) is 0 Å². The Kier molecular flexibility index (Phi) is 5.62. The molecule has 4 nitrogen and oxygen atoms in total. The highest BCUT2D eigenvalue weighted by molar-refractivity contribution is 6.30. The first-order valence-corrected chi connectivity index (χ1v) is 12.4. The van der Waals surface area contributed by atoms with E-state index in [1.807, 2.05) is 48.5 Å². The topological polar surface area (TPSA) is 48.3 Å². The monoisotopic (exact) mass is 493 g/mol. The molecule has 1 heterocycles. The number of carbonyl (C=O) groups is 2. The molecule has 0 aliphatic heterocycles. The number of Topliss-reactive ketones (excluding diaryl/α,β-unsaturated/α-hetero) is 1. The lowest BCUT2D eigenvalue weighted by Gasteiger charge is -2.24. The highest BCUT2D eigenvalue weighted by Crippen LogP contribution is 2.40. The summed E-state index contributed by atoms with van der Waals surface area (Å²) in [6.45, 7) is 0.596. The van der Waals surface area contributed by atoms with E-state index in [9.17, 15) is 9.59 Å². The molecule has 4 aromatic carbocycles. The zero-order valence-corrected chi connectivity index (χ0v) is 20.6. The fourth-order valence-electron chi connectivity index (χ4n) is 5.63. The highest BCUT2D eigenvalue weighted by atomic mass is 35.5. The highest BCUT2D eigenvalue weighted by Gasteiger charge is 2.34. The Bertz CT molecular complexity index is 1640. The molecule has 1 unspecified atom stereocenters. The van der Waals surface area contributed by atoms with Gasteiger partial charge in [-0.25, -0.2) is 4.79 Å². The molecule has 0 amide bonds. The van der Waals surface area contributed by atoms with Crippen LogP contribution in [0.5, 0.6) is 0 Å². The number of benzene rings is 4. The summed E-state index contributed by atoms with van der Waals surface area (Å²) in [4.78, 5) is 26.4. The molecular weight excluding hydrogens is 470 g/mol. The molecule has 0 N–H and O–H groups in total. The van der Waals surface area contributed by atoms with E-state index in [0.717, 1.165) is 22.3 Å². The van der Waals surface area contributed by atoms with Crippen molar-refractivity contribution in [2.24, 2.45) is 0 Å². The van der Waals surface area contributed by atoms with Gasteiger partial charge in [0.25, 0.3) is 0 Å². The van der Waals surface area contributed by atoms with Crippen molar-refractivity contribution in [1.29, 1.82) is 0 Å². The number of ether oxygens (including phenoxy) is 1. The van der Waals surface area contributed by atoms with Gasteiger partial charge in [0, 0.05) is 34.6 Å². The molecule has 0 fully saturated rings. The number of hydrogen-bond donors (Lipinski definition) is 0. The number of ketones is 1. The quantitative estimate of drug-likeness (QED) is 0.249. The van der Waals surface area contributed by atoms with Crippen LogP contribution in [0.25, 0.3) is 21.7 Å². The molecule has 5 heteroatoms. The summed E-state index contributed by atoms with van der Waals surface area (Å²) in [5, 5.41) is 3.72. The SMILES string of the molecule is COC(=O)c1cccc2c1c1c(n2Cc2cccc3ccccc23)CC(c2ccc(Cl)cc2)CC1=O. The normalized spacial score (nSPS) is 15.3. The molecule has 1 atom stereocenters. The van der Waals surface area contributed by atoms with E-state index in [1.165, 1.54) is 17.9 Å². The van der Waals surface area contributed by atoms with Crippen LogP contribution in [0, 0.1) is 0 Å². The maximum atomic E-state index is 13.7. The molecule has 178 valence electrons. The first-order chi connectivity index (χ1) is 17.5. The van der Waals surface area contributed by atoms with Crippen molar-refractivity contribution in [2.75, 3.05) is 7.11 Å². The van der Waals surface area contributed by atoms with Crippen molar-refractivity contribution >= 4 is 45.0 Å². The molecule has 0 bridgehead atoms. The van der Waals surface area contributed by atoms with Gasteiger partial charge < -0.3 is 9.30 Å². The number of halogens is 1. The van der Waals surface area contributed by atoms with Crippen LogP contribution >= 0.6 is 11.6 Å². The molecule has 1 aliphatic rings. The third-order valence-electron chi connectivity index (χ3n) is 7.30. The maximum Gasteiger partial charge on any atom is 0.338 e. The van der Waals surface area contributed by atoms with Gasteiger partial charge >= 0.3 is 5.97 Å². The Morgan fingerprint density at radius 3 is 2.50 bits per heavy atom. The molecule has 5 aromatic rings. The van der Waals surface area contributed by atoms with Crippen LogP contribution in [0.1, 0.15) is 49.9 Å². The summed E-state index contributed by atoms with van der Waals surface area (Å²) in [6.07, 6.45) is 1.08. The average molecular weight is 494 g/mol. The van der Waals surface area contributed by atoms with Crippen LogP contribution in [0.15, 0.2) is 84.9 Å². The number of fused-ring (bicyclic) bond motifs is 4. The van der Waals surface area contributed by atoms with E-state index < -0.39 is 5.97 Å². The van der Waals surface area contributed by atoms with Crippen molar-refractivity contribution < 1.29 is 14.3 Å². The van der Waals surface area contributed by atoms with E-state index in [0.29, 0.717) is 40.9 Å². The van der Waals surface area contributed by atoms with Gasteiger partial charge in [-0.15, -0.1) is 0 Å². The summed E-state index contributed by atoms with van der Waals surface area (Å²) in [5.41, 5.74) is 5.18. The summed E-state index contributed by atoms with van der Waals surface area (Å²) < 4.78 is 7.31. The van der Waals surface area contributed by atoms with Crippen molar-refractivity contribution in [3.05, 3.63) is 118 Å². The maximum absolute atomic E-state index is 13.7. The number of carbonyl (C=O) groups excluding carboxylic acids is 2. The van der Waals surface area contributed by atoms with Gasteiger partial charge in [-0.2, -0.15) is 0 Å². The van der Waals surface area contributed by atoms with Gasteiger partial charge in [0.15, 0.2) is 5.78 Å². The molecule has 0 saturated heterocycles. The lowest BCUT2D eigenvalue weighted by molar-refractivity contribution is 0.0603. The Hall–Kier alpha value is -3.89. The molecule has 0 spiro atoms. The van der Waals surface area contributed by atoms with Gasteiger partial charge in [-0.3, -0.25) is 4.79 Å². The largest absolute Gasteiger partial charge is 0.465 e. The fraction of sp³-hybridized carbons (Fsp3) is 0.161. The Morgan fingerprint density at radius 2 is 1.69 bits per heavy atom. The number of rotatable bonds is 4. The zero-order chi connectivity index (χ0) is 24.8. The smallest absolute Gasteiger partial charge is 0.338 e. The lowest BCUT2D eigenvalue weighted by Crippen LogP contribution is -2.21. The van der Waals surface area contributed by atoms with E-state index in [-0.39, 0.29) is 11.7 Å². The van der Waals surface area contributed by atoms with Crippen LogP contribution in [0.4, 0.5) is 0 Å². The van der Waals surface area contributed by atoms with Crippen LogP contribution in [0.2, 0.25) is 5.02 Å². The second-order valence-corrected chi connectivity index (χ2v) is 9.75. The summed E-state index contributed by atoms with van der Waals surface area (Å²) in [6, 6.07) is 28.0. The van der Waals surface area contributed by atoms with Crippen LogP contribution in [0.3, 0.4) is 0 Å². The first kappa shape index (κ1) is 22.6. The summed E-state index contributed by atoms with van der Waals surface area (Å²) in [5.74, 6) is -0.341. The number of methoxy groups -OCH3 is 1. The zero-order valence-electron chi connectivity index (χ0n) is 19.8. The number of esters is 1. The molecule has 1 aromatic heterocycles. The van der Waals surface area contributed by atoms with Crippen LogP contribution in [-0.2, 0) is 17.7 Å². The second kappa shape index (κ2) is 8.96. The van der Waals surface area contributed by atoms with Gasteiger partial charge in [0.2, 0.25) is 0 Å². The Balaban J connectivity index is 1.57. The van der Waals surface area contributed by atoms with Gasteiger partial charge in [-0.1, -0.05) is 72.3 Å². The third kappa shape index (κ3) is 3.69. The fourth-order valence-corrected chi connectivity index (χ4v) is 5.75. The second-order valence-electron chi connectivity index (χ2n) is 9.32. The minimum absolute atomic E-state index is 0.0411. The minimum atomic E-state index is -0.432. The number of hydrogen-bond acceptors (Lipinski definition) is 3. The van der Waals surface area contributed by atoms with E-state index >= 15 is 0 Å². The third-order valence-corrected chi connectivity index (χ3v) is 7.56. The summed E-state index contributed by atoms with van der Waals surface area (Å²) >= 11 is 6.12. The van der Waals surface area contributed by atoms with Crippen molar-refractivity contribution in [1.82, 2.24) is 4.57 Å². The minimum Gasteiger partial charge on any atom is -0.465 e. The van der Waals surface area contributed by atoms with Gasteiger partial charge in [0.05, 0.1) is 18.2 Å². The molecule has 6 rings (SSSR count). The summed E-state index contributed by atoms with van der Waals surface area (Å²) in [7, 11) is 1.37. The molecule has 0 saturated carbocycles. The standard InChI is InChI=1S/C31H24ClNO3/c1-36-31(35)25-10-5-11-26-29(25)30-27(16-22(17-28(30)34)19-12-14-23(32)15-13-19)33(26)18-21-8-4-7-20-6-2-3-9-24(20)21/h2-15,22H,16-18H2,1H3. The van der Waals surface area contributed by atoms with E-state index in [4.69, 9.17) is 16.3 Å². The molecule has 1 aliphatic carbocycles. The number of aromatic nitrogens is 1. The van der Waals surface area contributed by atoms with Crippen LogP contribution < -0.4 is 0 Å². The van der Waals surface area contributed by atoms with E-state index in [2.05, 4.69) is 34.9 Å². The predicted octanol–water partition coefficient (Wildman–Crippen LogP) is 7.20. The predicted molar refractivity (Wildman–Crippen MR) is 143 cm³/mol. The lowest BCUT2D eigenvalue weighted by atomic mass is 9.81. The van der Waals surface area contributed by atoms with Crippen LogP contribution in [-0.4, -0.2) is 23.4 Å². The number of nitrogens with zero attached hydrogens (tertiary/aromatic N) is 1. The Labute approximate surface area is 214 Å². The van der Waals surface area contributed by atoms with E-state index in [1.54, 1.807) is 6.07 Å². The van der Waals surface area contributed by atoms with Crippen molar-refractivity contribution in [2.45, 2.75) is 25.3 Å². The van der Waals surface area contributed by atoms with Gasteiger partial charge in [-0.05, 0) is 58.5 Å². The first-order valence-electron chi connectivity index (χ1n) is 12.0. The molecule has 36 heavy (non-hydrogen) atoms.